The van der Waals surface area contributed by atoms with Crippen molar-refractivity contribution in [1.29, 1.82) is 0 Å². The first-order valence-corrected chi connectivity index (χ1v) is 6.18. The fourth-order valence-electron chi connectivity index (χ4n) is 2.36. The third kappa shape index (κ3) is 3.03. The van der Waals surface area contributed by atoms with Crippen LogP contribution in [0.5, 0.6) is 0 Å². The van der Waals surface area contributed by atoms with Crippen LogP contribution in [0.1, 0.15) is 44.3 Å². The minimum Gasteiger partial charge on any atom is -0.328 e. The molecule has 1 aliphatic rings. The molecule has 1 fully saturated rings. The molecule has 1 aromatic rings. The van der Waals surface area contributed by atoms with Crippen molar-refractivity contribution in [2.24, 2.45) is 5.73 Å². The van der Waals surface area contributed by atoms with E-state index in [1.54, 1.807) is 0 Å². The van der Waals surface area contributed by atoms with Gasteiger partial charge in [-0.25, -0.2) is 0 Å². The van der Waals surface area contributed by atoms with Gasteiger partial charge in [-0.2, -0.15) is 0 Å². The van der Waals surface area contributed by atoms with Crippen LogP contribution in [-0.4, -0.2) is 17.1 Å². The lowest BCUT2D eigenvalue weighted by Gasteiger charge is -2.29. The standard InChI is InChI=1S/C13H21N3/c1-10(13-4-2-3-9-15-13)16-12-7-5-11(14)6-8-12/h2-4,9-12,16H,5-8,14H2,1H3. The average Bonchev–Trinajstić information content (AvgIpc) is 2.33. The minimum absolute atomic E-state index is 0.334. The summed E-state index contributed by atoms with van der Waals surface area (Å²) >= 11 is 0. The molecule has 1 heterocycles. The molecule has 0 aromatic carbocycles. The zero-order valence-electron chi connectivity index (χ0n) is 9.89. The van der Waals surface area contributed by atoms with E-state index in [2.05, 4.69) is 23.3 Å². The van der Waals surface area contributed by atoms with Crippen molar-refractivity contribution < 1.29 is 0 Å². The van der Waals surface area contributed by atoms with Gasteiger partial charge in [0.2, 0.25) is 0 Å². The Morgan fingerprint density at radius 3 is 2.69 bits per heavy atom. The summed E-state index contributed by atoms with van der Waals surface area (Å²) in [5, 5.41) is 3.64. The molecule has 1 aromatic heterocycles. The van der Waals surface area contributed by atoms with Crippen molar-refractivity contribution in [2.45, 2.75) is 50.7 Å². The molecule has 0 bridgehead atoms. The minimum atomic E-state index is 0.334. The first-order valence-electron chi connectivity index (χ1n) is 6.18. The Labute approximate surface area is 97.5 Å². The largest absolute Gasteiger partial charge is 0.328 e. The summed E-state index contributed by atoms with van der Waals surface area (Å²) in [6.07, 6.45) is 6.53. The van der Waals surface area contributed by atoms with Crippen LogP contribution in [0.2, 0.25) is 0 Å². The van der Waals surface area contributed by atoms with Gasteiger partial charge in [0.25, 0.3) is 0 Å². The lowest BCUT2D eigenvalue weighted by atomic mass is 9.91. The first kappa shape index (κ1) is 11.6. The Morgan fingerprint density at radius 1 is 1.31 bits per heavy atom. The van der Waals surface area contributed by atoms with Crippen LogP contribution in [0.25, 0.3) is 0 Å². The van der Waals surface area contributed by atoms with Gasteiger partial charge < -0.3 is 11.1 Å². The van der Waals surface area contributed by atoms with Gasteiger partial charge in [0.1, 0.15) is 0 Å². The maximum absolute atomic E-state index is 5.90. The maximum atomic E-state index is 5.90. The SMILES string of the molecule is CC(NC1CCC(N)CC1)c1ccccn1. The van der Waals surface area contributed by atoms with Crippen LogP contribution >= 0.6 is 0 Å². The molecule has 1 saturated carbocycles. The van der Waals surface area contributed by atoms with Gasteiger partial charge >= 0.3 is 0 Å². The average molecular weight is 219 g/mol. The van der Waals surface area contributed by atoms with E-state index in [-0.39, 0.29) is 0 Å². The molecule has 0 radical (unpaired) electrons. The normalized spacial score (nSPS) is 27.6. The molecule has 3 N–H and O–H groups in total. The van der Waals surface area contributed by atoms with E-state index < -0.39 is 0 Å². The quantitative estimate of drug-likeness (QED) is 0.817. The second-order valence-corrected chi connectivity index (χ2v) is 4.75. The van der Waals surface area contributed by atoms with Crippen LogP contribution in [0.4, 0.5) is 0 Å². The summed E-state index contributed by atoms with van der Waals surface area (Å²) in [5.74, 6) is 0. The Morgan fingerprint density at radius 2 is 2.06 bits per heavy atom. The Kier molecular flexibility index (Phi) is 3.91. The second kappa shape index (κ2) is 5.41. The number of hydrogen-bond acceptors (Lipinski definition) is 3. The van der Waals surface area contributed by atoms with Gasteiger partial charge in [-0.3, -0.25) is 4.98 Å². The van der Waals surface area contributed by atoms with E-state index in [1.807, 2.05) is 18.3 Å². The molecule has 0 spiro atoms. The number of hydrogen-bond donors (Lipinski definition) is 2. The van der Waals surface area contributed by atoms with Crippen molar-refractivity contribution >= 4 is 0 Å². The number of nitrogens with two attached hydrogens (primary N) is 1. The summed E-state index contributed by atoms with van der Waals surface area (Å²) in [6.45, 7) is 2.18. The zero-order chi connectivity index (χ0) is 11.4. The monoisotopic (exact) mass is 219 g/mol. The number of aromatic nitrogens is 1. The summed E-state index contributed by atoms with van der Waals surface area (Å²) in [4.78, 5) is 4.37. The van der Waals surface area contributed by atoms with Gasteiger partial charge in [-0.1, -0.05) is 6.07 Å². The highest BCUT2D eigenvalue weighted by Crippen LogP contribution is 2.20. The third-order valence-electron chi connectivity index (χ3n) is 3.39. The maximum Gasteiger partial charge on any atom is 0.0570 e. The van der Waals surface area contributed by atoms with Crippen molar-refractivity contribution in [2.75, 3.05) is 0 Å². The molecule has 3 nitrogen and oxygen atoms in total. The number of pyridine rings is 1. The van der Waals surface area contributed by atoms with Gasteiger partial charge in [-0.15, -0.1) is 0 Å². The van der Waals surface area contributed by atoms with Crippen LogP contribution < -0.4 is 11.1 Å². The number of nitrogens with zero attached hydrogens (tertiary/aromatic N) is 1. The predicted molar refractivity (Wildman–Crippen MR) is 66.0 cm³/mol. The number of rotatable bonds is 3. The van der Waals surface area contributed by atoms with Crippen LogP contribution in [0.3, 0.4) is 0 Å². The van der Waals surface area contributed by atoms with Crippen LogP contribution in [0.15, 0.2) is 24.4 Å². The molecular weight excluding hydrogens is 198 g/mol. The highest BCUT2D eigenvalue weighted by atomic mass is 15.0. The summed E-state index contributed by atoms with van der Waals surface area (Å²) < 4.78 is 0. The van der Waals surface area contributed by atoms with Crippen molar-refractivity contribution in [3.63, 3.8) is 0 Å². The van der Waals surface area contributed by atoms with Crippen LogP contribution in [0, 0.1) is 0 Å². The zero-order valence-corrected chi connectivity index (χ0v) is 9.89. The van der Waals surface area contributed by atoms with Gasteiger partial charge in [0, 0.05) is 24.3 Å². The topological polar surface area (TPSA) is 50.9 Å². The summed E-state index contributed by atoms with van der Waals surface area (Å²) in [6, 6.07) is 7.43. The molecule has 2 rings (SSSR count). The van der Waals surface area contributed by atoms with Gasteiger partial charge in [0.05, 0.1) is 5.69 Å². The summed E-state index contributed by atoms with van der Waals surface area (Å²) in [5.41, 5.74) is 7.02. The van der Waals surface area contributed by atoms with Gasteiger partial charge in [-0.05, 0) is 44.7 Å². The second-order valence-electron chi connectivity index (χ2n) is 4.75. The fourth-order valence-corrected chi connectivity index (χ4v) is 2.36. The molecule has 88 valence electrons. The molecular formula is C13H21N3. The summed E-state index contributed by atoms with van der Waals surface area (Å²) in [7, 11) is 0. The lowest BCUT2D eigenvalue weighted by Crippen LogP contribution is -2.38. The Balaban J connectivity index is 1.86. The van der Waals surface area contributed by atoms with E-state index in [0.717, 1.165) is 18.5 Å². The van der Waals surface area contributed by atoms with Crippen LogP contribution in [-0.2, 0) is 0 Å². The molecule has 3 heteroatoms. The first-order chi connectivity index (χ1) is 7.75. The fraction of sp³-hybridized carbons (Fsp3) is 0.615. The molecule has 1 aliphatic carbocycles. The van der Waals surface area contributed by atoms with Gasteiger partial charge in [0.15, 0.2) is 0 Å². The highest BCUT2D eigenvalue weighted by Gasteiger charge is 2.20. The number of nitrogens with one attached hydrogen (secondary N) is 1. The smallest absolute Gasteiger partial charge is 0.0570 e. The molecule has 1 unspecified atom stereocenters. The molecule has 0 saturated heterocycles. The Bertz CT molecular complexity index is 304. The molecule has 0 aliphatic heterocycles. The third-order valence-corrected chi connectivity index (χ3v) is 3.39. The van der Waals surface area contributed by atoms with E-state index in [0.29, 0.717) is 18.1 Å². The molecule has 1 atom stereocenters. The lowest BCUT2D eigenvalue weighted by molar-refractivity contribution is 0.320. The molecule has 16 heavy (non-hydrogen) atoms. The van der Waals surface area contributed by atoms with Crippen molar-refractivity contribution in [1.82, 2.24) is 10.3 Å². The van der Waals surface area contributed by atoms with E-state index in [9.17, 15) is 0 Å². The predicted octanol–water partition coefficient (Wildman–Crippen LogP) is 2.00. The Hall–Kier alpha value is -0.930. The van der Waals surface area contributed by atoms with Crippen molar-refractivity contribution in [3.8, 4) is 0 Å². The van der Waals surface area contributed by atoms with E-state index in [4.69, 9.17) is 5.73 Å². The van der Waals surface area contributed by atoms with Crippen molar-refractivity contribution in [3.05, 3.63) is 30.1 Å². The van der Waals surface area contributed by atoms with E-state index >= 15 is 0 Å². The van der Waals surface area contributed by atoms with E-state index in [1.165, 1.54) is 12.8 Å². The molecule has 0 amide bonds. The highest BCUT2D eigenvalue weighted by molar-refractivity contribution is 5.08.